The number of nitrogens with one attached hydrogen (secondary N) is 1. The summed E-state index contributed by atoms with van der Waals surface area (Å²) >= 11 is 6.00. The molecule has 0 bridgehead atoms. The Kier molecular flexibility index (Phi) is 4.98. The first-order valence-electron chi connectivity index (χ1n) is 6.42. The molecule has 0 amide bonds. The number of hydrogen-bond donors (Lipinski definition) is 1. The van der Waals surface area contributed by atoms with Crippen LogP contribution < -0.4 is 5.32 Å². The lowest BCUT2D eigenvalue weighted by Gasteiger charge is -2.28. The highest BCUT2D eigenvalue weighted by molar-refractivity contribution is 6.31. The summed E-state index contributed by atoms with van der Waals surface area (Å²) in [4.78, 5) is 0. The van der Waals surface area contributed by atoms with Gasteiger partial charge in [0.05, 0.1) is 0 Å². The molecule has 18 heavy (non-hydrogen) atoms. The van der Waals surface area contributed by atoms with Crippen molar-refractivity contribution in [1.29, 1.82) is 0 Å². The van der Waals surface area contributed by atoms with Crippen LogP contribution in [0.1, 0.15) is 25.3 Å². The molecule has 1 N–H and O–H groups in total. The topological polar surface area (TPSA) is 21.3 Å². The average molecular weight is 272 g/mol. The van der Waals surface area contributed by atoms with Crippen molar-refractivity contribution in [3.63, 3.8) is 0 Å². The highest BCUT2D eigenvalue weighted by Gasteiger charge is 2.20. The molecule has 1 atom stereocenters. The molecule has 0 spiro atoms. The molecular formula is C14H19ClFNO. The lowest BCUT2D eigenvalue weighted by Crippen LogP contribution is -2.36. The first kappa shape index (κ1) is 13.8. The molecule has 2 rings (SSSR count). The molecule has 1 saturated heterocycles. The zero-order valence-corrected chi connectivity index (χ0v) is 11.3. The highest BCUT2D eigenvalue weighted by atomic mass is 35.5. The number of benzene rings is 1. The van der Waals surface area contributed by atoms with Gasteiger partial charge in [-0.1, -0.05) is 17.7 Å². The van der Waals surface area contributed by atoms with Gasteiger partial charge < -0.3 is 10.1 Å². The summed E-state index contributed by atoms with van der Waals surface area (Å²) in [6.45, 7) is 4.58. The molecule has 4 heteroatoms. The molecule has 100 valence electrons. The minimum Gasteiger partial charge on any atom is -0.381 e. The Morgan fingerprint density at radius 1 is 1.44 bits per heavy atom. The Balaban J connectivity index is 1.86. The largest absolute Gasteiger partial charge is 0.381 e. The van der Waals surface area contributed by atoms with E-state index in [0.29, 0.717) is 23.5 Å². The van der Waals surface area contributed by atoms with E-state index in [0.717, 1.165) is 31.6 Å². The van der Waals surface area contributed by atoms with E-state index in [9.17, 15) is 4.39 Å². The molecule has 1 unspecified atom stereocenters. The van der Waals surface area contributed by atoms with Gasteiger partial charge in [-0.25, -0.2) is 4.39 Å². The van der Waals surface area contributed by atoms with Crippen molar-refractivity contribution in [2.75, 3.05) is 13.2 Å². The smallest absolute Gasteiger partial charge is 0.124 e. The summed E-state index contributed by atoms with van der Waals surface area (Å²) in [7, 11) is 0. The van der Waals surface area contributed by atoms with Crippen LogP contribution in [0.25, 0.3) is 0 Å². The maximum atomic E-state index is 12.9. The third-order valence-corrected chi connectivity index (χ3v) is 3.95. The van der Waals surface area contributed by atoms with E-state index >= 15 is 0 Å². The molecule has 1 heterocycles. The fraction of sp³-hybridized carbons (Fsp3) is 0.571. The Bertz CT molecular complexity index is 393. The molecular weight excluding hydrogens is 253 g/mol. The van der Waals surface area contributed by atoms with Crippen molar-refractivity contribution in [1.82, 2.24) is 5.32 Å². The molecule has 1 aliphatic rings. The molecule has 0 aromatic heterocycles. The Morgan fingerprint density at radius 3 is 2.83 bits per heavy atom. The molecule has 1 fully saturated rings. The quantitative estimate of drug-likeness (QED) is 0.906. The monoisotopic (exact) mass is 271 g/mol. The number of halogens is 2. The summed E-state index contributed by atoms with van der Waals surface area (Å²) in [5.41, 5.74) is 0.942. The van der Waals surface area contributed by atoms with Gasteiger partial charge in [0, 0.05) is 30.8 Å². The van der Waals surface area contributed by atoms with E-state index in [-0.39, 0.29) is 5.82 Å². The maximum Gasteiger partial charge on any atom is 0.124 e. The van der Waals surface area contributed by atoms with Crippen LogP contribution in [0.4, 0.5) is 4.39 Å². The van der Waals surface area contributed by atoms with Crippen LogP contribution in [0.5, 0.6) is 0 Å². The van der Waals surface area contributed by atoms with Crippen LogP contribution in [0.3, 0.4) is 0 Å². The van der Waals surface area contributed by atoms with Crippen molar-refractivity contribution in [2.45, 2.75) is 32.4 Å². The number of ether oxygens (including phenoxy) is 1. The molecule has 0 saturated carbocycles. The zero-order chi connectivity index (χ0) is 13.0. The van der Waals surface area contributed by atoms with Crippen molar-refractivity contribution in [2.24, 2.45) is 5.92 Å². The summed E-state index contributed by atoms with van der Waals surface area (Å²) < 4.78 is 18.3. The predicted molar refractivity (Wildman–Crippen MR) is 71.3 cm³/mol. The van der Waals surface area contributed by atoms with Crippen LogP contribution in [0.15, 0.2) is 18.2 Å². The van der Waals surface area contributed by atoms with Gasteiger partial charge in [0.25, 0.3) is 0 Å². The summed E-state index contributed by atoms with van der Waals surface area (Å²) in [6, 6.07) is 4.97. The van der Waals surface area contributed by atoms with Crippen LogP contribution >= 0.6 is 11.6 Å². The first-order valence-corrected chi connectivity index (χ1v) is 6.79. The highest BCUT2D eigenvalue weighted by Crippen LogP contribution is 2.20. The molecule has 0 radical (unpaired) electrons. The molecule has 2 nitrogen and oxygen atoms in total. The van der Waals surface area contributed by atoms with Gasteiger partial charge in [0.2, 0.25) is 0 Å². The summed E-state index contributed by atoms with van der Waals surface area (Å²) in [6.07, 6.45) is 2.20. The normalized spacial score (nSPS) is 18.8. The van der Waals surface area contributed by atoms with Gasteiger partial charge in [-0.3, -0.25) is 0 Å². The van der Waals surface area contributed by atoms with Crippen LogP contribution in [-0.2, 0) is 11.3 Å². The maximum absolute atomic E-state index is 12.9. The second-order valence-electron chi connectivity index (χ2n) is 4.86. The average Bonchev–Trinajstić information content (AvgIpc) is 2.38. The minimum atomic E-state index is -0.291. The van der Waals surface area contributed by atoms with Gasteiger partial charge in [-0.2, -0.15) is 0 Å². The second kappa shape index (κ2) is 6.50. The van der Waals surface area contributed by atoms with Gasteiger partial charge in [0.15, 0.2) is 0 Å². The zero-order valence-electron chi connectivity index (χ0n) is 10.6. The van der Waals surface area contributed by atoms with Crippen molar-refractivity contribution < 1.29 is 9.13 Å². The second-order valence-corrected chi connectivity index (χ2v) is 5.26. The summed E-state index contributed by atoms with van der Waals surface area (Å²) in [5.74, 6) is 0.360. The number of hydrogen-bond acceptors (Lipinski definition) is 2. The fourth-order valence-electron chi connectivity index (χ4n) is 2.32. The molecule has 1 aromatic carbocycles. The summed E-state index contributed by atoms with van der Waals surface area (Å²) in [5, 5.41) is 3.95. The van der Waals surface area contributed by atoms with Gasteiger partial charge in [-0.05, 0) is 43.4 Å². The SMILES string of the molecule is CC(NCc1ccc(F)cc1Cl)C1CCOCC1. The lowest BCUT2D eigenvalue weighted by molar-refractivity contribution is 0.0558. The van der Waals surface area contributed by atoms with Crippen LogP contribution in [0.2, 0.25) is 5.02 Å². The molecule has 1 aliphatic heterocycles. The third kappa shape index (κ3) is 3.67. The Morgan fingerprint density at radius 2 is 2.17 bits per heavy atom. The first-order chi connectivity index (χ1) is 8.66. The van der Waals surface area contributed by atoms with Crippen molar-refractivity contribution in [3.8, 4) is 0 Å². The lowest BCUT2D eigenvalue weighted by atomic mass is 9.93. The fourth-order valence-corrected chi connectivity index (χ4v) is 2.55. The van der Waals surface area contributed by atoms with Gasteiger partial charge in [-0.15, -0.1) is 0 Å². The standard InChI is InChI=1S/C14H19ClFNO/c1-10(11-4-6-18-7-5-11)17-9-12-2-3-13(16)8-14(12)15/h2-3,8,10-11,17H,4-7,9H2,1H3. The van der Waals surface area contributed by atoms with Crippen molar-refractivity contribution >= 4 is 11.6 Å². The third-order valence-electron chi connectivity index (χ3n) is 3.60. The Hall–Kier alpha value is -0.640. The minimum absolute atomic E-state index is 0.291. The van der Waals surface area contributed by atoms with E-state index in [1.54, 1.807) is 6.07 Å². The van der Waals surface area contributed by atoms with Gasteiger partial charge >= 0.3 is 0 Å². The van der Waals surface area contributed by atoms with E-state index < -0.39 is 0 Å². The van der Waals surface area contributed by atoms with E-state index in [1.807, 2.05) is 0 Å². The number of rotatable bonds is 4. The van der Waals surface area contributed by atoms with E-state index in [2.05, 4.69) is 12.2 Å². The molecule has 1 aromatic rings. The van der Waals surface area contributed by atoms with E-state index in [1.165, 1.54) is 12.1 Å². The van der Waals surface area contributed by atoms with Gasteiger partial charge in [0.1, 0.15) is 5.82 Å². The predicted octanol–water partition coefficient (Wildman–Crippen LogP) is 3.38. The van der Waals surface area contributed by atoms with Crippen LogP contribution in [-0.4, -0.2) is 19.3 Å². The van der Waals surface area contributed by atoms with Crippen molar-refractivity contribution in [3.05, 3.63) is 34.6 Å². The Labute approximate surface area is 112 Å². The molecule has 0 aliphatic carbocycles. The van der Waals surface area contributed by atoms with E-state index in [4.69, 9.17) is 16.3 Å². The van der Waals surface area contributed by atoms with Crippen LogP contribution in [0, 0.1) is 11.7 Å².